The van der Waals surface area contributed by atoms with E-state index >= 15 is 0 Å². The molecular formula is C46H31N. The maximum Gasteiger partial charge on any atom is 0.0754 e. The van der Waals surface area contributed by atoms with Crippen molar-refractivity contribution in [2.24, 2.45) is 0 Å². The molecule has 47 heavy (non-hydrogen) atoms. The van der Waals surface area contributed by atoms with Gasteiger partial charge in [0, 0.05) is 16.2 Å². The zero-order chi connectivity index (χ0) is 31.1. The molecule has 11 rings (SSSR count). The highest BCUT2D eigenvalue weighted by molar-refractivity contribution is 6.14. The Morgan fingerprint density at radius 2 is 1.00 bits per heavy atom. The predicted octanol–water partition coefficient (Wildman–Crippen LogP) is 11.4. The topological polar surface area (TPSA) is 4.93 Å². The van der Waals surface area contributed by atoms with Crippen LogP contribution in [0.2, 0.25) is 0 Å². The number of aromatic nitrogens is 1. The van der Waals surface area contributed by atoms with E-state index in [4.69, 9.17) is 0 Å². The van der Waals surface area contributed by atoms with E-state index < -0.39 is 0 Å². The lowest BCUT2D eigenvalue weighted by atomic mass is 9.65. The third-order valence-electron chi connectivity index (χ3n) is 11.6. The van der Waals surface area contributed by atoms with Crippen LogP contribution in [0.3, 0.4) is 0 Å². The number of fused-ring (bicyclic) bond motifs is 15. The molecule has 0 fully saturated rings. The molecule has 8 aromatic rings. The summed E-state index contributed by atoms with van der Waals surface area (Å²) in [6, 6.07) is 57.3. The molecule has 1 spiro atoms. The number of hydrogen-bond donors (Lipinski definition) is 0. The van der Waals surface area contributed by atoms with Crippen LogP contribution in [-0.4, -0.2) is 4.57 Å². The van der Waals surface area contributed by atoms with Crippen LogP contribution in [0, 0.1) is 0 Å². The molecule has 1 heteroatoms. The first-order chi connectivity index (χ1) is 23.1. The van der Waals surface area contributed by atoms with Crippen molar-refractivity contribution in [3.8, 4) is 39.1 Å². The van der Waals surface area contributed by atoms with Gasteiger partial charge in [-0.05, 0) is 78.9 Å². The van der Waals surface area contributed by atoms with Gasteiger partial charge in [0.1, 0.15) is 0 Å². The van der Waals surface area contributed by atoms with Crippen LogP contribution in [-0.2, 0) is 10.8 Å². The Bertz CT molecular complexity index is 2620. The highest BCUT2D eigenvalue weighted by Gasteiger charge is 2.50. The van der Waals surface area contributed by atoms with Crippen molar-refractivity contribution < 1.29 is 0 Å². The Morgan fingerprint density at radius 3 is 1.77 bits per heavy atom. The van der Waals surface area contributed by atoms with E-state index in [0.29, 0.717) is 0 Å². The summed E-state index contributed by atoms with van der Waals surface area (Å²) in [6.07, 6.45) is 0. The molecule has 2 aliphatic carbocycles. The highest BCUT2D eigenvalue weighted by Crippen LogP contribution is 2.61. The van der Waals surface area contributed by atoms with Crippen LogP contribution in [0.1, 0.15) is 47.2 Å². The minimum atomic E-state index is -0.383. The molecule has 1 aliphatic heterocycles. The highest BCUT2D eigenvalue weighted by atomic mass is 15.0. The van der Waals surface area contributed by atoms with Crippen LogP contribution in [0.25, 0.3) is 60.9 Å². The third-order valence-corrected chi connectivity index (χ3v) is 11.6. The van der Waals surface area contributed by atoms with Crippen LogP contribution in [0.4, 0.5) is 0 Å². The van der Waals surface area contributed by atoms with E-state index in [1.54, 1.807) is 0 Å². The Hall–Kier alpha value is -5.66. The lowest BCUT2D eigenvalue weighted by Crippen LogP contribution is -2.33. The van der Waals surface area contributed by atoms with Crippen molar-refractivity contribution in [1.82, 2.24) is 4.57 Å². The van der Waals surface area contributed by atoms with Crippen LogP contribution in [0.15, 0.2) is 152 Å². The van der Waals surface area contributed by atoms with Crippen molar-refractivity contribution in [2.45, 2.75) is 24.7 Å². The largest absolute Gasteiger partial charge is 0.309 e. The Balaban J connectivity index is 1.26. The Labute approximate surface area is 274 Å². The van der Waals surface area contributed by atoms with Gasteiger partial charge in [0.15, 0.2) is 0 Å². The summed E-state index contributed by atoms with van der Waals surface area (Å²) >= 11 is 0. The molecule has 220 valence electrons. The minimum Gasteiger partial charge on any atom is -0.309 e. The van der Waals surface area contributed by atoms with Crippen LogP contribution < -0.4 is 0 Å². The van der Waals surface area contributed by atoms with E-state index in [2.05, 4.69) is 170 Å². The molecule has 0 bridgehead atoms. The van der Waals surface area contributed by atoms with Gasteiger partial charge in [-0.15, -0.1) is 0 Å². The van der Waals surface area contributed by atoms with Gasteiger partial charge in [0.2, 0.25) is 0 Å². The van der Waals surface area contributed by atoms with E-state index in [9.17, 15) is 0 Å². The molecule has 0 saturated carbocycles. The fourth-order valence-corrected chi connectivity index (χ4v) is 9.73. The first-order valence-electron chi connectivity index (χ1n) is 16.7. The average molecular weight is 598 g/mol. The van der Waals surface area contributed by atoms with Crippen molar-refractivity contribution in [3.63, 3.8) is 0 Å². The Kier molecular flexibility index (Phi) is 4.66. The van der Waals surface area contributed by atoms with Crippen LogP contribution >= 0.6 is 0 Å². The number of para-hydroxylation sites is 2. The fourth-order valence-electron chi connectivity index (χ4n) is 9.73. The predicted molar refractivity (Wildman–Crippen MR) is 195 cm³/mol. The van der Waals surface area contributed by atoms with Crippen molar-refractivity contribution in [1.29, 1.82) is 0 Å². The summed E-state index contributed by atoms with van der Waals surface area (Å²) in [5, 5.41) is 2.61. The number of rotatable bonds is 1. The molecular weight excluding hydrogens is 567 g/mol. The lowest BCUT2D eigenvalue weighted by molar-refractivity contribution is 0.660. The summed E-state index contributed by atoms with van der Waals surface area (Å²) in [4.78, 5) is 0. The van der Waals surface area contributed by atoms with E-state index in [-0.39, 0.29) is 10.8 Å². The summed E-state index contributed by atoms with van der Waals surface area (Å²) in [5.74, 6) is 0. The first-order valence-corrected chi connectivity index (χ1v) is 16.7. The molecule has 2 heterocycles. The number of hydrogen-bond acceptors (Lipinski definition) is 0. The van der Waals surface area contributed by atoms with E-state index in [0.717, 1.165) is 0 Å². The van der Waals surface area contributed by atoms with Gasteiger partial charge in [-0.2, -0.15) is 0 Å². The molecule has 0 N–H and O–H groups in total. The van der Waals surface area contributed by atoms with Crippen molar-refractivity contribution in [3.05, 3.63) is 185 Å². The molecule has 0 radical (unpaired) electrons. The quantitative estimate of drug-likeness (QED) is 0.177. The van der Waals surface area contributed by atoms with Crippen LogP contribution in [0.5, 0.6) is 0 Å². The fraction of sp³-hybridized carbons (Fsp3) is 0.0870. The van der Waals surface area contributed by atoms with Gasteiger partial charge >= 0.3 is 0 Å². The van der Waals surface area contributed by atoms with Gasteiger partial charge in [-0.25, -0.2) is 0 Å². The van der Waals surface area contributed by atoms with Gasteiger partial charge in [-0.1, -0.05) is 153 Å². The SMILES string of the molecule is CC1(C)c2ccccc2-c2c(-c3ccc4c5cccc6c5n(c4c3)-c3ccccc3C63c4ccccc4-c4ccccc43)cccc21. The zero-order valence-electron chi connectivity index (χ0n) is 26.4. The smallest absolute Gasteiger partial charge is 0.0754 e. The van der Waals surface area contributed by atoms with E-state index in [1.165, 1.54) is 94.3 Å². The zero-order valence-corrected chi connectivity index (χ0v) is 26.4. The molecule has 7 aromatic carbocycles. The number of nitrogens with zero attached hydrogens (tertiary/aromatic N) is 1. The van der Waals surface area contributed by atoms with E-state index in [1.807, 2.05) is 0 Å². The normalized spacial score (nSPS) is 15.4. The molecule has 0 atom stereocenters. The first kappa shape index (κ1) is 25.5. The maximum atomic E-state index is 2.56. The molecule has 0 unspecified atom stereocenters. The summed E-state index contributed by atoms with van der Waals surface area (Å²) in [5.41, 5.74) is 19.7. The summed E-state index contributed by atoms with van der Waals surface area (Å²) in [6.45, 7) is 4.73. The molecule has 1 aromatic heterocycles. The molecule has 3 aliphatic rings. The monoisotopic (exact) mass is 597 g/mol. The summed E-state index contributed by atoms with van der Waals surface area (Å²) < 4.78 is 2.56. The average Bonchev–Trinajstić information content (AvgIpc) is 3.70. The second-order valence-electron chi connectivity index (χ2n) is 14.0. The minimum absolute atomic E-state index is 0.0300. The standard InChI is InChI=1S/C46H31N/c1-45(2)35-18-6-5-15-34(35)43-29(16-11-22-39(43)45)28-25-26-32-33-17-12-23-40-44(33)47(42(32)27-28)41-24-10-9-21-38(41)46(40)36-19-7-3-13-30(36)31-14-4-8-20-37(31)46/h3-27H,1-2H3. The van der Waals surface area contributed by atoms with Gasteiger partial charge < -0.3 is 4.57 Å². The second-order valence-corrected chi connectivity index (χ2v) is 14.0. The lowest BCUT2D eigenvalue weighted by Gasteiger charge is -2.39. The number of benzene rings is 7. The molecule has 1 nitrogen and oxygen atoms in total. The van der Waals surface area contributed by atoms with Gasteiger partial charge in [0.25, 0.3) is 0 Å². The molecule has 0 saturated heterocycles. The van der Waals surface area contributed by atoms with Crippen molar-refractivity contribution in [2.75, 3.05) is 0 Å². The second kappa shape index (κ2) is 8.57. The van der Waals surface area contributed by atoms with Gasteiger partial charge in [-0.3, -0.25) is 0 Å². The summed E-state index contributed by atoms with van der Waals surface area (Å²) in [7, 11) is 0. The Morgan fingerprint density at radius 1 is 0.426 bits per heavy atom. The van der Waals surface area contributed by atoms with Crippen molar-refractivity contribution >= 4 is 21.8 Å². The molecule has 0 amide bonds. The maximum absolute atomic E-state index is 2.56. The van der Waals surface area contributed by atoms with Gasteiger partial charge in [0.05, 0.1) is 22.1 Å². The third kappa shape index (κ3) is 2.89.